The van der Waals surface area contributed by atoms with Crippen molar-refractivity contribution < 1.29 is 4.74 Å². The molecule has 154 valence electrons. The molecule has 1 aromatic rings. The van der Waals surface area contributed by atoms with Crippen molar-refractivity contribution >= 4 is 29.9 Å². The molecule has 0 radical (unpaired) electrons. The number of nitrogens with zero attached hydrogens (tertiary/aromatic N) is 2. The standard InChI is InChI=1S/C21H36N4O.HI/c1-6-22-21(24-19-10-12-25(13-11-19)16(2)3)23-15-18(5)26-20-9-7-8-17(4)14-20;/h7-9,14,16,18-19H,6,10-13,15H2,1-5H3,(H2,22,23,24);1H. The number of nitrogens with one attached hydrogen (secondary N) is 2. The number of hydrogen-bond acceptors (Lipinski definition) is 3. The summed E-state index contributed by atoms with van der Waals surface area (Å²) in [6.45, 7) is 14.6. The van der Waals surface area contributed by atoms with Crippen molar-refractivity contribution in [1.29, 1.82) is 0 Å². The van der Waals surface area contributed by atoms with Crippen molar-refractivity contribution in [1.82, 2.24) is 15.5 Å². The van der Waals surface area contributed by atoms with E-state index in [0.29, 0.717) is 18.6 Å². The zero-order chi connectivity index (χ0) is 18.9. The number of piperidine rings is 1. The molecule has 1 aliphatic heterocycles. The number of guanidine groups is 1. The molecule has 1 atom stereocenters. The maximum atomic E-state index is 5.98. The predicted octanol–water partition coefficient (Wildman–Crippen LogP) is 3.81. The Bertz CT molecular complexity index is 571. The van der Waals surface area contributed by atoms with Crippen molar-refractivity contribution in [3.8, 4) is 5.75 Å². The van der Waals surface area contributed by atoms with Crippen LogP contribution in [0.4, 0.5) is 0 Å². The lowest BCUT2D eigenvalue weighted by molar-refractivity contribution is 0.167. The topological polar surface area (TPSA) is 48.9 Å². The van der Waals surface area contributed by atoms with Gasteiger partial charge in [-0.3, -0.25) is 0 Å². The van der Waals surface area contributed by atoms with Gasteiger partial charge in [0.25, 0.3) is 0 Å². The molecule has 0 bridgehead atoms. The summed E-state index contributed by atoms with van der Waals surface area (Å²) < 4.78 is 5.98. The Morgan fingerprint density at radius 2 is 1.96 bits per heavy atom. The molecule has 1 aliphatic rings. The lowest BCUT2D eigenvalue weighted by atomic mass is 10.0. The summed E-state index contributed by atoms with van der Waals surface area (Å²) in [5.41, 5.74) is 1.21. The van der Waals surface area contributed by atoms with E-state index in [-0.39, 0.29) is 30.1 Å². The third-order valence-corrected chi connectivity index (χ3v) is 4.78. The number of halogens is 1. The van der Waals surface area contributed by atoms with Gasteiger partial charge in [-0.1, -0.05) is 12.1 Å². The van der Waals surface area contributed by atoms with E-state index in [1.807, 2.05) is 12.1 Å². The average Bonchev–Trinajstić information content (AvgIpc) is 2.60. The van der Waals surface area contributed by atoms with Crippen LogP contribution in [0.2, 0.25) is 0 Å². The summed E-state index contributed by atoms with van der Waals surface area (Å²) in [6, 6.07) is 9.29. The number of likely N-dealkylation sites (tertiary alicyclic amines) is 1. The van der Waals surface area contributed by atoms with Gasteiger partial charge in [0.05, 0.1) is 6.54 Å². The first-order valence-electron chi connectivity index (χ1n) is 10.00. The average molecular weight is 488 g/mol. The minimum Gasteiger partial charge on any atom is -0.489 e. The Kier molecular flexibility index (Phi) is 11.1. The van der Waals surface area contributed by atoms with Gasteiger partial charge in [0.2, 0.25) is 0 Å². The zero-order valence-electron chi connectivity index (χ0n) is 17.5. The molecule has 0 amide bonds. The van der Waals surface area contributed by atoms with Crippen molar-refractivity contribution in [3.63, 3.8) is 0 Å². The Labute approximate surface area is 182 Å². The molecule has 1 unspecified atom stereocenters. The van der Waals surface area contributed by atoms with Crippen LogP contribution in [-0.2, 0) is 0 Å². The smallest absolute Gasteiger partial charge is 0.191 e. The zero-order valence-corrected chi connectivity index (χ0v) is 19.8. The van der Waals surface area contributed by atoms with E-state index in [4.69, 9.17) is 9.73 Å². The molecule has 27 heavy (non-hydrogen) atoms. The highest BCUT2D eigenvalue weighted by molar-refractivity contribution is 14.0. The second-order valence-electron chi connectivity index (χ2n) is 7.51. The van der Waals surface area contributed by atoms with Crippen LogP contribution in [0.1, 0.15) is 46.1 Å². The number of hydrogen-bond donors (Lipinski definition) is 2. The Morgan fingerprint density at radius 3 is 2.56 bits per heavy atom. The lowest BCUT2D eigenvalue weighted by Gasteiger charge is -2.35. The van der Waals surface area contributed by atoms with Crippen LogP contribution in [-0.4, -0.2) is 55.2 Å². The third kappa shape index (κ3) is 8.68. The first-order valence-corrected chi connectivity index (χ1v) is 10.00. The van der Waals surface area contributed by atoms with Gasteiger partial charge in [-0.2, -0.15) is 0 Å². The van der Waals surface area contributed by atoms with Gasteiger partial charge in [-0.15, -0.1) is 24.0 Å². The number of ether oxygens (including phenoxy) is 1. The molecule has 1 aromatic carbocycles. The maximum Gasteiger partial charge on any atom is 0.191 e. The lowest BCUT2D eigenvalue weighted by Crippen LogP contribution is -2.50. The summed E-state index contributed by atoms with van der Waals surface area (Å²) >= 11 is 0. The van der Waals surface area contributed by atoms with Crippen LogP contribution >= 0.6 is 24.0 Å². The van der Waals surface area contributed by atoms with E-state index in [1.165, 1.54) is 5.56 Å². The van der Waals surface area contributed by atoms with E-state index < -0.39 is 0 Å². The molecule has 2 rings (SSSR count). The van der Waals surface area contributed by atoms with Gasteiger partial charge in [0.1, 0.15) is 11.9 Å². The molecule has 0 saturated carbocycles. The highest BCUT2D eigenvalue weighted by Gasteiger charge is 2.21. The fourth-order valence-electron chi connectivity index (χ4n) is 3.25. The van der Waals surface area contributed by atoms with Crippen molar-refractivity contribution in [3.05, 3.63) is 29.8 Å². The van der Waals surface area contributed by atoms with Crippen LogP contribution in [0.15, 0.2) is 29.3 Å². The summed E-state index contributed by atoms with van der Waals surface area (Å²) in [6.07, 6.45) is 2.37. The molecule has 1 heterocycles. The first kappa shape index (κ1) is 24.0. The molecule has 6 heteroatoms. The largest absolute Gasteiger partial charge is 0.489 e. The molecule has 1 fully saturated rings. The highest BCUT2D eigenvalue weighted by Crippen LogP contribution is 2.15. The van der Waals surface area contributed by atoms with Crippen LogP contribution in [0.25, 0.3) is 0 Å². The SMILES string of the molecule is CCNC(=NCC(C)Oc1cccc(C)c1)NC1CCN(C(C)C)CC1.I. The highest BCUT2D eigenvalue weighted by atomic mass is 127. The normalized spacial score (nSPS) is 17.3. The molecule has 2 N–H and O–H groups in total. The molecule has 1 saturated heterocycles. The fraction of sp³-hybridized carbons (Fsp3) is 0.667. The number of aryl methyl sites for hydroxylation is 1. The van der Waals surface area contributed by atoms with Crippen LogP contribution < -0.4 is 15.4 Å². The number of aliphatic imine (C=N–C) groups is 1. The maximum absolute atomic E-state index is 5.98. The fourth-order valence-corrected chi connectivity index (χ4v) is 3.25. The Balaban J connectivity index is 0.00000364. The van der Waals surface area contributed by atoms with Crippen LogP contribution in [0.3, 0.4) is 0 Å². The van der Waals surface area contributed by atoms with E-state index in [0.717, 1.165) is 44.2 Å². The molecule has 0 aliphatic carbocycles. The van der Waals surface area contributed by atoms with E-state index in [1.54, 1.807) is 0 Å². The quantitative estimate of drug-likeness (QED) is 0.348. The number of benzene rings is 1. The van der Waals surface area contributed by atoms with E-state index in [2.05, 4.69) is 62.3 Å². The van der Waals surface area contributed by atoms with E-state index >= 15 is 0 Å². The van der Waals surface area contributed by atoms with Crippen LogP contribution in [0.5, 0.6) is 5.75 Å². The monoisotopic (exact) mass is 488 g/mol. The summed E-state index contributed by atoms with van der Waals surface area (Å²) in [4.78, 5) is 7.28. The second kappa shape index (κ2) is 12.4. The summed E-state index contributed by atoms with van der Waals surface area (Å²) in [5.74, 6) is 1.81. The minimum absolute atomic E-state index is 0. The van der Waals surface area contributed by atoms with Gasteiger partial charge in [-0.25, -0.2) is 4.99 Å². The summed E-state index contributed by atoms with van der Waals surface area (Å²) in [7, 11) is 0. The molecular weight excluding hydrogens is 451 g/mol. The van der Waals surface area contributed by atoms with Crippen molar-refractivity contribution in [2.45, 2.75) is 65.6 Å². The molecule has 0 aromatic heterocycles. The minimum atomic E-state index is 0. The number of rotatable bonds is 7. The van der Waals surface area contributed by atoms with Gasteiger partial charge in [-0.05, 0) is 65.2 Å². The Hall–Kier alpha value is -1.02. The van der Waals surface area contributed by atoms with Gasteiger partial charge < -0.3 is 20.3 Å². The van der Waals surface area contributed by atoms with Crippen LogP contribution in [0, 0.1) is 6.92 Å². The van der Waals surface area contributed by atoms with Crippen molar-refractivity contribution in [2.75, 3.05) is 26.2 Å². The van der Waals surface area contributed by atoms with Gasteiger partial charge in [0.15, 0.2) is 5.96 Å². The summed E-state index contributed by atoms with van der Waals surface area (Å²) in [5, 5.41) is 6.96. The molecular formula is C21H37IN4O. The van der Waals surface area contributed by atoms with Crippen molar-refractivity contribution in [2.24, 2.45) is 4.99 Å². The van der Waals surface area contributed by atoms with Gasteiger partial charge >= 0.3 is 0 Å². The molecule has 5 nitrogen and oxygen atoms in total. The Morgan fingerprint density at radius 1 is 1.26 bits per heavy atom. The predicted molar refractivity (Wildman–Crippen MR) is 126 cm³/mol. The third-order valence-electron chi connectivity index (χ3n) is 4.78. The van der Waals surface area contributed by atoms with Gasteiger partial charge in [0, 0.05) is 31.7 Å². The molecule has 0 spiro atoms. The first-order chi connectivity index (χ1) is 12.5. The van der Waals surface area contributed by atoms with E-state index in [9.17, 15) is 0 Å². The second-order valence-corrected chi connectivity index (χ2v) is 7.51.